The van der Waals surface area contributed by atoms with Crippen LogP contribution in [0.15, 0.2) is 106 Å². The van der Waals surface area contributed by atoms with Gasteiger partial charge in [-0.1, -0.05) is 60.7 Å². The lowest BCUT2D eigenvalue weighted by atomic mass is 10.1. The van der Waals surface area contributed by atoms with Gasteiger partial charge in [-0.2, -0.15) is 29.8 Å². The molecule has 4 N–H and O–H groups in total. The van der Waals surface area contributed by atoms with Crippen molar-refractivity contribution < 1.29 is 9.59 Å². The molecule has 0 bridgehead atoms. The molecule has 0 fully saturated rings. The summed E-state index contributed by atoms with van der Waals surface area (Å²) in [6.07, 6.45) is 4.21. The van der Waals surface area contributed by atoms with Gasteiger partial charge in [0.1, 0.15) is 6.33 Å². The third-order valence-corrected chi connectivity index (χ3v) is 8.06. The van der Waals surface area contributed by atoms with Crippen molar-refractivity contribution in [3.63, 3.8) is 0 Å². The van der Waals surface area contributed by atoms with Crippen LogP contribution in [0.2, 0.25) is 0 Å². The van der Waals surface area contributed by atoms with Crippen LogP contribution in [0, 0.1) is 13.8 Å². The molecule has 52 heavy (non-hydrogen) atoms. The number of aryl methyl sites for hydroxylation is 4. The Kier molecular flexibility index (Phi) is 8.53. The molecule has 258 valence electrons. The Bertz CT molecular complexity index is 2350. The van der Waals surface area contributed by atoms with Gasteiger partial charge >= 0.3 is 0 Å². The van der Waals surface area contributed by atoms with E-state index in [0.29, 0.717) is 34.2 Å². The van der Waals surface area contributed by atoms with Gasteiger partial charge in [0.15, 0.2) is 57.8 Å². The molecule has 7 rings (SSSR count). The maximum atomic E-state index is 13.1. The van der Waals surface area contributed by atoms with Crippen molar-refractivity contribution in [2.45, 2.75) is 13.8 Å². The molecule has 0 aliphatic carbocycles. The highest BCUT2D eigenvalue weighted by Crippen LogP contribution is 2.34. The van der Waals surface area contributed by atoms with Crippen molar-refractivity contribution in [1.29, 1.82) is 0 Å². The molecule has 0 radical (unpaired) electrons. The van der Waals surface area contributed by atoms with Crippen molar-refractivity contribution in [1.82, 2.24) is 49.1 Å². The SMILES string of the molecule is Cc1nn(-c2cc(-n3nc(C)c(N=Nc4c(C(=O)c5ccccc5)cnn4C)c3N)ncn2)c(N)c1N=Nc1c(C(=O)c2ccccc2)cnn1C. The molecule has 18 heteroatoms. The van der Waals surface area contributed by atoms with E-state index in [-0.39, 0.29) is 57.3 Å². The summed E-state index contributed by atoms with van der Waals surface area (Å²) < 4.78 is 5.68. The van der Waals surface area contributed by atoms with Gasteiger partial charge in [-0.15, -0.1) is 20.5 Å². The first-order valence-corrected chi connectivity index (χ1v) is 15.7. The highest BCUT2D eigenvalue weighted by Gasteiger charge is 2.22. The number of carbonyl (C=O) groups is 2. The van der Waals surface area contributed by atoms with Crippen LogP contribution in [0.3, 0.4) is 0 Å². The number of nitrogens with two attached hydrogens (primary N) is 2. The first kappa shape index (κ1) is 33.0. The van der Waals surface area contributed by atoms with E-state index in [4.69, 9.17) is 11.5 Å². The van der Waals surface area contributed by atoms with Crippen LogP contribution in [0.1, 0.15) is 43.2 Å². The fourth-order valence-electron chi connectivity index (χ4n) is 5.34. The Morgan fingerprint density at radius 1 is 0.615 bits per heavy atom. The normalized spacial score (nSPS) is 11.6. The molecule has 0 spiro atoms. The van der Waals surface area contributed by atoms with Gasteiger partial charge in [-0.3, -0.25) is 9.59 Å². The number of nitrogens with zero attached hydrogens (tertiary/aromatic N) is 14. The zero-order valence-electron chi connectivity index (χ0n) is 28.3. The van der Waals surface area contributed by atoms with Crippen LogP contribution in [0.4, 0.5) is 34.6 Å². The van der Waals surface area contributed by atoms with Crippen molar-refractivity contribution in [3.05, 3.63) is 119 Å². The first-order valence-electron chi connectivity index (χ1n) is 15.7. The topological polar surface area (TPSA) is 233 Å². The van der Waals surface area contributed by atoms with E-state index >= 15 is 0 Å². The standard InChI is InChI=1S/C34H30N16O2/c1-19-27(41-43-33-23(16-39-47(33)3)29(51)21-11-7-5-8-12-21)31(35)49(45-19)25-15-26(38-18-37-25)50-32(36)28(20(2)46-50)42-44-34-24(17-40-48(34)4)30(52)22-13-9-6-10-14-22/h5-18H,35-36H2,1-4H3. The Hall–Kier alpha value is -7.50. The van der Waals surface area contributed by atoms with E-state index in [1.807, 2.05) is 12.1 Å². The minimum absolute atomic E-state index is 0.139. The lowest BCUT2D eigenvalue weighted by Crippen LogP contribution is -2.09. The number of hydrogen-bond acceptors (Lipinski definition) is 14. The molecule has 0 saturated heterocycles. The van der Waals surface area contributed by atoms with Gasteiger partial charge in [0, 0.05) is 31.3 Å². The molecular weight excluding hydrogens is 664 g/mol. The summed E-state index contributed by atoms with van der Waals surface area (Å²) >= 11 is 0. The van der Waals surface area contributed by atoms with Crippen molar-refractivity contribution in [2.24, 2.45) is 34.6 Å². The average Bonchev–Trinajstić information content (AvgIpc) is 3.89. The fraction of sp³-hybridized carbons (Fsp3) is 0.118. The van der Waals surface area contributed by atoms with Crippen LogP contribution in [-0.4, -0.2) is 60.7 Å². The molecule has 7 aromatic rings. The second kappa shape index (κ2) is 13.4. The largest absolute Gasteiger partial charge is 0.382 e. The molecule has 18 nitrogen and oxygen atoms in total. The molecule has 0 saturated carbocycles. The number of ketones is 2. The quantitative estimate of drug-likeness (QED) is 0.137. The maximum absolute atomic E-state index is 13.1. The second-order valence-corrected chi connectivity index (χ2v) is 11.5. The summed E-state index contributed by atoms with van der Waals surface area (Å²) in [7, 11) is 3.33. The molecular formula is C34H30N16O2. The minimum atomic E-state index is -0.241. The Balaban J connectivity index is 1.16. The van der Waals surface area contributed by atoms with E-state index in [2.05, 4.69) is 50.8 Å². The first-order chi connectivity index (χ1) is 25.1. The lowest BCUT2D eigenvalue weighted by Gasteiger charge is -2.06. The minimum Gasteiger partial charge on any atom is -0.382 e. The number of carbonyl (C=O) groups excluding carboxylic acids is 2. The summed E-state index contributed by atoms with van der Waals surface area (Å²) in [5.74, 6) is 0.891. The smallest absolute Gasteiger partial charge is 0.198 e. The molecule has 0 amide bonds. The van der Waals surface area contributed by atoms with Crippen molar-refractivity contribution >= 4 is 46.2 Å². The van der Waals surface area contributed by atoms with Crippen LogP contribution < -0.4 is 11.5 Å². The van der Waals surface area contributed by atoms with E-state index in [1.165, 1.54) is 37.4 Å². The van der Waals surface area contributed by atoms with E-state index < -0.39 is 0 Å². The van der Waals surface area contributed by atoms with Gasteiger partial charge in [-0.05, 0) is 13.8 Å². The van der Waals surface area contributed by atoms with Gasteiger partial charge in [0.25, 0.3) is 0 Å². The molecule has 5 heterocycles. The van der Waals surface area contributed by atoms with Gasteiger partial charge in [0.05, 0.1) is 34.9 Å². The number of hydrogen-bond donors (Lipinski definition) is 2. The molecule has 0 aliphatic rings. The van der Waals surface area contributed by atoms with Gasteiger partial charge in [-0.25, -0.2) is 19.3 Å². The van der Waals surface area contributed by atoms with E-state index in [1.54, 1.807) is 82.5 Å². The fourth-order valence-corrected chi connectivity index (χ4v) is 5.34. The molecule has 0 aliphatic heterocycles. The predicted octanol–water partition coefficient (Wildman–Crippen LogP) is 5.39. The highest BCUT2D eigenvalue weighted by molar-refractivity contribution is 6.12. The molecule has 2 aromatic carbocycles. The highest BCUT2D eigenvalue weighted by atomic mass is 16.1. The van der Waals surface area contributed by atoms with Crippen molar-refractivity contribution in [3.8, 4) is 11.6 Å². The van der Waals surface area contributed by atoms with Crippen LogP contribution in [0.5, 0.6) is 0 Å². The van der Waals surface area contributed by atoms with Gasteiger partial charge < -0.3 is 11.5 Å². The second-order valence-electron chi connectivity index (χ2n) is 11.5. The molecule has 0 atom stereocenters. The number of nitrogen functional groups attached to an aromatic ring is 2. The number of benzene rings is 2. The summed E-state index contributed by atoms with van der Waals surface area (Å²) in [5.41, 5.74) is 16.0. The van der Waals surface area contributed by atoms with Crippen LogP contribution >= 0.6 is 0 Å². The third kappa shape index (κ3) is 5.99. The average molecular weight is 695 g/mol. The zero-order valence-corrected chi connectivity index (χ0v) is 28.3. The zero-order chi connectivity index (χ0) is 36.5. The van der Waals surface area contributed by atoms with Gasteiger partial charge in [0.2, 0.25) is 0 Å². The number of anilines is 2. The number of azo groups is 2. The number of rotatable bonds is 10. The maximum Gasteiger partial charge on any atom is 0.198 e. The molecule has 5 aromatic heterocycles. The van der Waals surface area contributed by atoms with E-state index in [9.17, 15) is 9.59 Å². The Morgan fingerprint density at radius 2 is 1.02 bits per heavy atom. The summed E-state index contributed by atoms with van der Waals surface area (Å²) in [6, 6.07) is 19.2. The van der Waals surface area contributed by atoms with Crippen LogP contribution in [-0.2, 0) is 14.1 Å². The third-order valence-electron chi connectivity index (χ3n) is 8.06. The van der Waals surface area contributed by atoms with Crippen LogP contribution in [0.25, 0.3) is 11.6 Å². The summed E-state index contributed by atoms with van der Waals surface area (Å²) in [6.45, 7) is 3.44. The van der Waals surface area contributed by atoms with E-state index in [0.717, 1.165) is 0 Å². The predicted molar refractivity (Wildman–Crippen MR) is 189 cm³/mol. The Labute approximate surface area is 295 Å². The summed E-state index contributed by atoms with van der Waals surface area (Å²) in [4.78, 5) is 35.0. The summed E-state index contributed by atoms with van der Waals surface area (Å²) in [5, 5.41) is 34.8. The number of aromatic nitrogens is 10. The Morgan fingerprint density at radius 3 is 1.42 bits per heavy atom. The van der Waals surface area contributed by atoms with Crippen molar-refractivity contribution in [2.75, 3.05) is 11.5 Å². The lowest BCUT2D eigenvalue weighted by molar-refractivity contribution is 0.103. The molecule has 0 unspecified atom stereocenters. The monoisotopic (exact) mass is 694 g/mol.